The SMILES string of the molecule is CC(C)NC(=O)NCCCN1C(=O)c2ccc([N+](=O)[O-])cc2C1=O. The van der Waals surface area contributed by atoms with Crippen molar-refractivity contribution in [2.75, 3.05) is 13.1 Å². The number of nitro benzene ring substituents is 1. The molecule has 128 valence electrons. The van der Waals surface area contributed by atoms with Crippen LogP contribution in [0, 0.1) is 10.1 Å². The van der Waals surface area contributed by atoms with E-state index in [9.17, 15) is 24.5 Å². The van der Waals surface area contributed by atoms with E-state index in [0.29, 0.717) is 13.0 Å². The van der Waals surface area contributed by atoms with Crippen LogP contribution in [-0.4, -0.2) is 46.8 Å². The van der Waals surface area contributed by atoms with Crippen LogP contribution in [0.3, 0.4) is 0 Å². The molecule has 1 aromatic rings. The third-order valence-corrected chi connectivity index (χ3v) is 3.43. The van der Waals surface area contributed by atoms with Gasteiger partial charge in [-0.15, -0.1) is 0 Å². The average Bonchev–Trinajstić information content (AvgIpc) is 2.74. The lowest BCUT2D eigenvalue weighted by atomic mass is 10.1. The van der Waals surface area contributed by atoms with Crippen molar-refractivity contribution < 1.29 is 19.3 Å². The molecular weight excluding hydrogens is 316 g/mol. The first kappa shape index (κ1) is 17.4. The standard InChI is InChI=1S/C15H18N4O5/c1-9(2)17-15(22)16-6-3-7-18-13(20)11-5-4-10(19(23)24)8-12(11)14(18)21/h4-5,8-9H,3,6-7H2,1-2H3,(H2,16,17,22). The predicted octanol–water partition coefficient (Wildman–Crippen LogP) is 1.29. The number of rotatable bonds is 6. The summed E-state index contributed by atoms with van der Waals surface area (Å²) in [4.78, 5) is 47.1. The second-order valence-corrected chi connectivity index (χ2v) is 5.66. The van der Waals surface area contributed by atoms with Crippen molar-refractivity contribution in [3.8, 4) is 0 Å². The molecule has 0 aromatic heterocycles. The third kappa shape index (κ3) is 3.67. The van der Waals surface area contributed by atoms with Crippen molar-refractivity contribution in [3.05, 3.63) is 39.4 Å². The second kappa shape index (κ2) is 7.07. The fraction of sp³-hybridized carbons (Fsp3) is 0.400. The van der Waals surface area contributed by atoms with E-state index in [1.54, 1.807) is 0 Å². The Bertz CT molecular complexity index is 701. The number of fused-ring (bicyclic) bond motifs is 1. The molecule has 0 saturated heterocycles. The van der Waals surface area contributed by atoms with Crippen LogP contribution in [0.4, 0.5) is 10.5 Å². The van der Waals surface area contributed by atoms with Gasteiger partial charge in [-0.25, -0.2) is 4.79 Å². The van der Waals surface area contributed by atoms with Crippen LogP contribution in [0.5, 0.6) is 0 Å². The summed E-state index contributed by atoms with van der Waals surface area (Å²) >= 11 is 0. The number of imide groups is 1. The average molecular weight is 334 g/mol. The minimum Gasteiger partial charge on any atom is -0.338 e. The van der Waals surface area contributed by atoms with Crippen LogP contribution >= 0.6 is 0 Å². The number of hydrogen-bond donors (Lipinski definition) is 2. The third-order valence-electron chi connectivity index (χ3n) is 3.43. The van der Waals surface area contributed by atoms with Gasteiger partial charge in [0.2, 0.25) is 0 Å². The molecule has 4 amide bonds. The van der Waals surface area contributed by atoms with Gasteiger partial charge in [0.1, 0.15) is 0 Å². The normalized spacial score (nSPS) is 13.2. The first-order chi connectivity index (χ1) is 11.3. The number of benzene rings is 1. The van der Waals surface area contributed by atoms with Gasteiger partial charge in [0.15, 0.2) is 0 Å². The van der Waals surface area contributed by atoms with Gasteiger partial charge in [-0.3, -0.25) is 24.6 Å². The topological polar surface area (TPSA) is 122 Å². The molecule has 24 heavy (non-hydrogen) atoms. The first-order valence-electron chi connectivity index (χ1n) is 7.50. The summed E-state index contributed by atoms with van der Waals surface area (Å²) in [6.45, 7) is 4.09. The minimum atomic E-state index is -0.613. The Morgan fingerprint density at radius 3 is 2.54 bits per heavy atom. The van der Waals surface area contributed by atoms with Gasteiger partial charge in [0.05, 0.1) is 16.1 Å². The smallest absolute Gasteiger partial charge is 0.314 e. The van der Waals surface area contributed by atoms with E-state index in [4.69, 9.17) is 0 Å². The van der Waals surface area contributed by atoms with E-state index < -0.39 is 16.7 Å². The molecule has 2 N–H and O–H groups in total. The quantitative estimate of drug-likeness (QED) is 0.351. The zero-order valence-electron chi connectivity index (χ0n) is 13.4. The highest BCUT2D eigenvalue weighted by molar-refractivity contribution is 6.21. The highest BCUT2D eigenvalue weighted by Crippen LogP contribution is 2.26. The van der Waals surface area contributed by atoms with Gasteiger partial charge in [0.25, 0.3) is 17.5 Å². The number of hydrogen-bond acceptors (Lipinski definition) is 5. The lowest BCUT2D eigenvalue weighted by Crippen LogP contribution is -2.41. The lowest BCUT2D eigenvalue weighted by molar-refractivity contribution is -0.384. The number of nitro groups is 1. The highest BCUT2D eigenvalue weighted by Gasteiger charge is 2.36. The molecule has 0 fully saturated rings. The summed E-state index contributed by atoms with van der Waals surface area (Å²) in [7, 11) is 0. The van der Waals surface area contributed by atoms with Crippen LogP contribution in [0.15, 0.2) is 18.2 Å². The number of carbonyl (C=O) groups is 3. The molecule has 0 aliphatic carbocycles. The van der Waals surface area contributed by atoms with Crippen molar-refractivity contribution in [1.82, 2.24) is 15.5 Å². The van der Waals surface area contributed by atoms with Gasteiger partial charge in [-0.2, -0.15) is 0 Å². The van der Waals surface area contributed by atoms with E-state index in [0.717, 1.165) is 11.0 Å². The largest absolute Gasteiger partial charge is 0.338 e. The number of carbonyl (C=O) groups excluding carboxylic acids is 3. The Morgan fingerprint density at radius 2 is 1.92 bits per heavy atom. The molecule has 2 rings (SSSR count). The summed E-state index contributed by atoms with van der Waals surface area (Å²) in [6.07, 6.45) is 0.388. The summed E-state index contributed by atoms with van der Waals surface area (Å²) < 4.78 is 0. The van der Waals surface area contributed by atoms with Crippen LogP contribution in [0.2, 0.25) is 0 Å². The molecule has 1 aliphatic rings. The molecule has 0 unspecified atom stereocenters. The summed E-state index contributed by atoms with van der Waals surface area (Å²) in [5.74, 6) is -1.03. The Hall–Kier alpha value is -2.97. The molecule has 0 atom stereocenters. The van der Waals surface area contributed by atoms with Gasteiger partial charge >= 0.3 is 6.03 Å². The number of nitrogens with one attached hydrogen (secondary N) is 2. The van der Waals surface area contributed by atoms with E-state index in [-0.39, 0.29) is 35.4 Å². The van der Waals surface area contributed by atoms with Gasteiger partial charge in [-0.1, -0.05) is 0 Å². The Morgan fingerprint density at radius 1 is 1.25 bits per heavy atom. The molecule has 1 heterocycles. The predicted molar refractivity (Wildman–Crippen MR) is 84.8 cm³/mol. The fourth-order valence-electron chi connectivity index (χ4n) is 2.35. The van der Waals surface area contributed by atoms with E-state index in [1.165, 1.54) is 12.1 Å². The van der Waals surface area contributed by atoms with Gasteiger partial charge in [0, 0.05) is 31.3 Å². The molecule has 0 radical (unpaired) electrons. The summed E-state index contributed by atoms with van der Waals surface area (Å²) in [5.41, 5.74) is -0.0282. The lowest BCUT2D eigenvalue weighted by Gasteiger charge is -2.14. The summed E-state index contributed by atoms with van der Waals surface area (Å²) in [5, 5.41) is 16.1. The maximum absolute atomic E-state index is 12.2. The fourth-order valence-corrected chi connectivity index (χ4v) is 2.35. The van der Waals surface area contributed by atoms with Crippen LogP contribution < -0.4 is 10.6 Å². The van der Waals surface area contributed by atoms with E-state index in [1.807, 2.05) is 13.8 Å². The first-order valence-corrected chi connectivity index (χ1v) is 7.50. The van der Waals surface area contributed by atoms with Crippen molar-refractivity contribution in [3.63, 3.8) is 0 Å². The molecule has 0 saturated carbocycles. The van der Waals surface area contributed by atoms with Crippen LogP contribution in [-0.2, 0) is 0 Å². The maximum Gasteiger partial charge on any atom is 0.314 e. The van der Waals surface area contributed by atoms with Crippen molar-refractivity contribution in [2.24, 2.45) is 0 Å². The second-order valence-electron chi connectivity index (χ2n) is 5.66. The van der Waals surface area contributed by atoms with Crippen LogP contribution in [0.1, 0.15) is 41.0 Å². The van der Waals surface area contributed by atoms with Gasteiger partial charge in [-0.05, 0) is 26.3 Å². The molecule has 9 heteroatoms. The number of urea groups is 1. The molecule has 0 spiro atoms. The van der Waals surface area contributed by atoms with E-state index in [2.05, 4.69) is 10.6 Å². The monoisotopic (exact) mass is 334 g/mol. The van der Waals surface area contributed by atoms with Crippen molar-refractivity contribution in [1.29, 1.82) is 0 Å². The van der Waals surface area contributed by atoms with Crippen molar-refractivity contribution in [2.45, 2.75) is 26.3 Å². The molecule has 1 aromatic carbocycles. The molecule has 0 bridgehead atoms. The zero-order valence-corrected chi connectivity index (χ0v) is 13.4. The number of non-ortho nitro benzene ring substituents is 1. The Labute approximate surface area is 138 Å². The zero-order chi connectivity index (χ0) is 17.9. The summed E-state index contributed by atoms with van der Waals surface area (Å²) in [6, 6.07) is 3.30. The highest BCUT2D eigenvalue weighted by atomic mass is 16.6. The Kier molecular flexibility index (Phi) is 5.12. The maximum atomic E-state index is 12.2. The number of nitrogens with zero attached hydrogens (tertiary/aromatic N) is 2. The van der Waals surface area contributed by atoms with Crippen LogP contribution in [0.25, 0.3) is 0 Å². The molecular formula is C15H18N4O5. The minimum absolute atomic E-state index is 0.0111. The number of amides is 4. The van der Waals surface area contributed by atoms with Crippen molar-refractivity contribution >= 4 is 23.5 Å². The molecule has 1 aliphatic heterocycles. The Balaban J connectivity index is 1.94. The molecule has 9 nitrogen and oxygen atoms in total. The van der Waals surface area contributed by atoms with Gasteiger partial charge < -0.3 is 10.6 Å². The van der Waals surface area contributed by atoms with E-state index >= 15 is 0 Å².